The van der Waals surface area contributed by atoms with Gasteiger partial charge in [0.25, 0.3) is 0 Å². The van der Waals surface area contributed by atoms with Crippen molar-refractivity contribution in [2.45, 2.75) is 45.5 Å². The lowest BCUT2D eigenvalue weighted by molar-refractivity contribution is 0.139. The summed E-state index contributed by atoms with van der Waals surface area (Å²) in [5.41, 5.74) is 0. The molecule has 1 aliphatic rings. The van der Waals surface area contributed by atoms with E-state index in [2.05, 4.69) is 24.1 Å². The minimum absolute atomic E-state index is 0.373. The predicted molar refractivity (Wildman–Crippen MR) is 49.9 cm³/mol. The number of hydrogen-bond donors (Lipinski definition) is 2. The second-order valence-corrected chi connectivity index (χ2v) is 3.92. The van der Waals surface area contributed by atoms with Crippen LogP contribution in [-0.4, -0.2) is 41.4 Å². The average molecular weight is 172 g/mol. The van der Waals surface area contributed by atoms with Crippen molar-refractivity contribution in [1.82, 2.24) is 10.2 Å². The van der Waals surface area contributed by atoms with Crippen molar-refractivity contribution < 1.29 is 5.11 Å². The third-order valence-electron chi connectivity index (χ3n) is 2.43. The van der Waals surface area contributed by atoms with Crippen molar-refractivity contribution in [3.63, 3.8) is 0 Å². The maximum absolute atomic E-state index is 9.11. The smallest absolute Gasteiger partial charge is 0.102 e. The van der Waals surface area contributed by atoms with E-state index in [0.29, 0.717) is 12.1 Å². The number of hydrogen-bond acceptors (Lipinski definition) is 3. The Morgan fingerprint density at radius 3 is 2.50 bits per heavy atom. The molecule has 3 nitrogen and oxygen atoms in total. The molecule has 1 rings (SSSR count). The topological polar surface area (TPSA) is 35.5 Å². The first-order chi connectivity index (χ1) is 5.59. The van der Waals surface area contributed by atoms with Gasteiger partial charge in [0, 0.05) is 18.6 Å². The van der Waals surface area contributed by atoms with Gasteiger partial charge in [0.2, 0.25) is 0 Å². The Bertz CT molecular complexity index is 136. The van der Waals surface area contributed by atoms with Gasteiger partial charge < -0.3 is 5.11 Å². The van der Waals surface area contributed by atoms with E-state index in [4.69, 9.17) is 5.11 Å². The van der Waals surface area contributed by atoms with Crippen molar-refractivity contribution in [2.75, 3.05) is 13.1 Å². The Labute approximate surface area is 74.8 Å². The van der Waals surface area contributed by atoms with E-state index in [1.54, 1.807) is 6.92 Å². The highest BCUT2D eigenvalue weighted by molar-refractivity contribution is 4.82. The Balaban J connectivity index is 2.26. The third kappa shape index (κ3) is 2.73. The van der Waals surface area contributed by atoms with Crippen LogP contribution in [0.1, 0.15) is 27.2 Å². The molecular formula is C9H20N2O. The molecule has 0 aromatic carbocycles. The van der Waals surface area contributed by atoms with Crippen LogP contribution >= 0.6 is 0 Å². The third-order valence-corrected chi connectivity index (χ3v) is 2.43. The van der Waals surface area contributed by atoms with Crippen molar-refractivity contribution in [1.29, 1.82) is 0 Å². The summed E-state index contributed by atoms with van der Waals surface area (Å²) in [5.74, 6) is 0. The molecular weight excluding hydrogens is 152 g/mol. The van der Waals surface area contributed by atoms with E-state index in [-0.39, 0.29) is 6.23 Å². The number of nitrogens with one attached hydrogen (secondary N) is 1. The van der Waals surface area contributed by atoms with Gasteiger partial charge in [-0.1, -0.05) is 0 Å². The maximum Gasteiger partial charge on any atom is 0.102 e. The molecule has 0 spiro atoms. The molecule has 0 radical (unpaired) electrons. The molecule has 2 N–H and O–H groups in total. The summed E-state index contributed by atoms with van der Waals surface area (Å²) in [5, 5.41) is 12.2. The molecule has 12 heavy (non-hydrogen) atoms. The fourth-order valence-electron chi connectivity index (χ4n) is 1.73. The highest BCUT2D eigenvalue weighted by Crippen LogP contribution is 2.12. The second-order valence-electron chi connectivity index (χ2n) is 3.92. The summed E-state index contributed by atoms with van der Waals surface area (Å²) in [6.45, 7) is 8.43. The van der Waals surface area contributed by atoms with Gasteiger partial charge in [0.1, 0.15) is 6.23 Å². The monoisotopic (exact) mass is 172 g/mol. The van der Waals surface area contributed by atoms with Gasteiger partial charge in [-0.2, -0.15) is 0 Å². The Morgan fingerprint density at radius 1 is 1.42 bits per heavy atom. The van der Waals surface area contributed by atoms with E-state index in [1.807, 2.05) is 0 Å². The van der Waals surface area contributed by atoms with Gasteiger partial charge >= 0.3 is 0 Å². The van der Waals surface area contributed by atoms with Crippen molar-refractivity contribution in [3.8, 4) is 0 Å². The summed E-state index contributed by atoms with van der Waals surface area (Å²) in [6, 6.07) is 1.11. The molecule has 1 unspecified atom stereocenters. The zero-order chi connectivity index (χ0) is 9.14. The van der Waals surface area contributed by atoms with Crippen molar-refractivity contribution >= 4 is 0 Å². The molecule has 0 amide bonds. The first kappa shape index (κ1) is 9.96. The fraction of sp³-hybridized carbons (Fsp3) is 1.00. The normalized spacial score (nSPS) is 28.2. The first-order valence-electron chi connectivity index (χ1n) is 4.77. The highest BCUT2D eigenvalue weighted by Gasteiger charge is 2.24. The van der Waals surface area contributed by atoms with E-state index >= 15 is 0 Å². The molecule has 0 aromatic heterocycles. The lowest BCUT2D eigenvalue weighted by Crippen LogP contribution is -2.39. The SMILES string of the molecule is CC(O)N[C@H]1CCN(C(C)C)C1. The predicted octanol–water partition coefficient (Wildman–Crippen LogP) is 0.397. The summed E-state index contributed by atoms with van der Waals surface area (Å²) < 4.78 is 0. The van der Waals surface area contributed by atoms with Crippen LogP contribution in [0.15, 0.2) is 0 Å². The average Bonchev–Trinajstić information content (AvgIpc) is 2.34. The van der Waals surface area contributed by atoms with E-state index in [9.17, 15) is 0 Å². The first-order valence-corrected chi connectivity index (χ1v) is 4.77. The minimum atomic E-state index is -0.373. The van der Waals surface area contributed by atoms with E-state index in [1.165, 1.54) is 0 Å². The van der Waals surface area contributed by atoms with E-state index < -0.39 is 0 Å². The van der Waals surface area contributed by atoms with Crippen molar-refractivity contribution in [3.05, 3.63) is 0 Å². The molecule has 1 fully saturated rings. The molecule has 72 valence electrons. The van der Waals surface area contributed by atoms with Crippen LogP contribution in [0.25, 0.3) is 0 Å². The summed E-state index contributed by atoms with van der Waals surface area (Å²) >= 11 is 0. The quantitative estimate of drug-likeness (QED) is 0.605. The number of nitrogens with zero attached hydrogens (tertiary/aromatic N) is 1. The molecule has 0 bridgehead atoms. The molecule has 1 aliphatic heterocycles. The van der Waals surface area contributed by atoms with Crippen LogP contribution in [0.2, 0.25) is 0 Å². The van der Waals surface area contributed by atoms with Gasteiger partial charge in [-0.15, -0.1) is 0 Å². The summed E-state index contributed by atoms with van der Waals surface area (Å²) in [6.07, 6.45) is 0.783. The molecule has 0 saturated carbocycles. The zero-order valence-electron chi connectivity index (χ0n) is 8.25. The summed E-state index contributed by atoms with van der Waals surface area (Å²) in [7, 11) is 0. The van der Waals surface area contributed by atoms with Crippen LogP contribution in [0, 0.1) is 0 Å². The molecule has 2 atom stereocenters. The summed E-state index contributed by atoms with van der Waals surface area (Å²) in [4.78, 5) is 2.43. The molecule has 1 saturated heterocycles. The molecule has 3 heteroatoms. The van der Waals surface area contributed by atoms with Gasteiger partial charge in [0.05, 0.1) is 0 Å². The second kappa shape index (κ2) is 4.21. The zero-order valence-corrected chi connectivity index (χ0v) is 8.25. The van der Waals surface area contributed by atoms with E-state index in [0.717, 1.165) is 19.5 Å². The molecule has 1 heterocycles. The Morgan fingerprint density at radius 2 is 2.08 bits per heavy atom. The van der Waals surface area contributed by atoms with Crippen LogP contribution < -0.4 is 5.32 Å². The Hall–Kier alpha value is -0.120. The van der Waals surface area contributed by atoms with Crippen LogP contribution in [0.3, 0.4) is 0 Å². The lowest BCUT2D eigenvalue weighted by Gasteiger charge is -2.21. The largest absolute Gasteiger partial charge is 0.379 e. The van der Waals surface area contributed by atoms with Crippen LogP contribution in [0.4, 0.5) is 0 Å². The van der Waals surface area contributed by atoms with Gasteiger partial charge in [0.15, 0.2) is 0 Å². The standard InChI is InChI=1S/C9H20N2O/c1-7(2)11-5-4-9(6-11)10-8(3)12/h7-10,12H,4-6H2,1-3H3/t8?,9-/m0/s1. The minimum Gasteiger partial charge on any atom is -0.379 e. The number of likely N-dealkylation sites (tertiary alicyclic amines) is 1. The number of rotatable bonds is 3. The van der Waals surface area contributed by atoms with Gasteiger partial charge in [-0.3, -0.25) is 10.2 Å². The lowest BCUT2D eigenvalue weighted by atomic mass is 10.2. The van der Waals surface area contributed by atoms with Crippen LogP contribution in [0.5, 0.6) is 0 Å². The molecule has 0 aromatic rings. The van der Waals surface area contributed by atoms with Gasteiger partial charge in [-0.05, 0) is 33.7 Å². The highest BCUT2D eigenvalue weighted by atomic mass is 16.3. The maximum atomic E-state index is 9.11. The van der Waals surface area contributed by atoms with Crippen LogP contribution in [-0.2, 0) is 0 Å². The Kier molecular flexibility index (Phi) is 3.50. The number of aliphatic hydroxyl groups is 1. The fourth-order valence-corrected chi connectivity index (χ4v) is 1.73. The van der Waals surface area contributed by atoms with Crippen molar-refractivity contribution in [2.24, 2.45) is 0 Å². The molecule has 0 aliphatic carbocycles. The van der Waals surface area contributed by atoms with Gasteiger partial charge in [-0.25, -0.2) is 0 Å². The number of aliphatic hydroxyl groups excluding tert-OH is 1.